The topological polar surface area (TPSA) is 28.2 Å². The first-order valence-corrected chi connectivity index (χ1v) is 7.08. The summed E-state index contributed by atoms with van der Waals surface area (Å²) >= 11 is 0. The minimum absolute atomic E-state index is 0.842. The molecule has 2 rings (SSSR count). The summed E-state index contributed by atoms with van der Waals surface area (Å²) in [5.41, 5.74) is 6.24. The van der Waals surface area contributed by atoms with Gasteiger partial charge in [-0.1, -0.05) is 24.6 Å². The van der Waals surface area contributed by atoms with Crippen LogP contribution in [0.1, 0.15) is 23.6 Å². The summed E-state index contributed by atoms with van der Waals surface area (Å²) in [4.78, 5) is 6.48. The largest absolute Gasteiger partial charge is 0.344 e. The zero-order valence-corrected chi connectivity index (χ0v) is 12.8. The molecule has 0 aliphatic heterocycles. The van der Waals surface area contributed by atoms with Crippen LogP contribution >= 0.6 is 0 Å². The average Bonchev–Trinajstić information content (AvgIpc) is 2.45. The van der Waals surface area contributed by atoms with Gasteiger partial charge in [0.2, 0.25) is 0 Å². The molecule has 20 heavy (non-hydrogen) atoms. The second-order valence-electron chi connectivity index (χ2n) is 5.13. The molecule has 0 radical (unpaired) electrons. The van der Waals surface area contributed by atoms with E-state index in [9.17, 15) is 0 Å². The predicted octanol–water partition coefficient (Wildman–Crippen LogP) is 3.58. The maximum Gasteiger partial charge on any atom is 0.0484 e. The lowest BCUT2D eigenvalue weighted by Gasteiger charge is -2.24. The zero-order chi connectivity index (χ0) is 14.5. The van der Waals surface area contributed by atoms with E-state index in [1.54, 1.807) is 0 Å². The van der Waals surface area contributed by atoms with Crippen LogP contribution in [0.4, 0.5) is 11.4 Å². The van der Waals surface area contributed by atoms with Gasteiger partial charge in [0, 0.05) is 42.9 Å². The lowest BCUT2D eigenvalue weighted by Crippen LogP contribution is -2.18. The Morgan fingerprint density at radius 3 is 2.65 bits per heavy atom. The number of benzene rings is 1. The first-order valence-electron chi connectivity index (χ1n) is 7.08. The Morgan fingerprint density at radius 2 is 1.95 bits per heavy atom. The number of anilines is 2. The molecular formula is C17H23N3. The quantitative estimate of drug-likeness (QED) is 0.899. The third-order valence-electron chi connectivity index (χ3n) is 3.52. The van der Waals surface area contributed by atoms with Crippen molar-refractivity contribution in [3.05, 3.63) is 53.3 Å². The molecule has 0 saturated carbocycles. The van der Waals surface area contributed by atoms with Crippen LogP contribution in [-0.2, 0) is 6.54 Å². The first kappa shape index (κ1) is 14.5. The number of hydrogen-bond donors (Lipinski definition) is 1. The smallest absolute Gasteiger partial charge is 0.0484 e. The number of nitrogens with zero attached hydrogens (tertiary/aromatic N) is 2. The van der Waals surface area contributed by atoms with Gasteiger partial charge in [-0.15, -0.1) is 0 Å². The van der Waals surface area contributed by atoms with Gasteiger partial charge in [0.1, 0.15) is 0 Å². The maximum atomic E-state index is 4.24. The molecule has 106 valence electrons. The SMILES string of the molecule is CCNCc1cnccc1N(C)c1ccc(C)cc1C. The number of pyridine rings is 1. The third kappa shape index (κ3) is 3.17. The lowest BCUT2D eigenvalue weighted by molar-refractivity contribution is 0.724. The second kappa shape index (κ2) is 6.53. The van der Waals surface area contributed by atoms with Gasteiger partial charge in [0.15, 0.2) is 0 Å². The average molecular weight is 269 g/mol. The van der Waals surface area contributed by atoms with Gasteiger partial charge in [-0.25, -0.2) is 0 Å². The van der Waals surface area contributed by atoms with Gasteiger partial charge in [-0.2, -0.15) is 0 Å². The lowest BCUT2D eigenvalue weighted by atomic mass is 10.1. The van der Waals surface area contributed by atoms with Crippen molar-refractivity contribution in [2.75, 3.05) is 18.5 Å². The highest BCUT2D eigenvalue weighted by molar-refractivity contribution is 5.68. The van der Waals surface area contributed by atoms with Crippen molar-refractivity contribution < 1.29 is 0 Å². The molecule has 3 nitrogen and oxygen atoms in total. The highest BCUT2D eigenvalue weighted by atomic mass is 15.1. The summed E-state index contributed by atoms with van der Waals surface area (Å²) in [5, 5.41) is 3.37. The van der Waals surface area contributed by atoms with Crippen LogP contribution in [0.25, 0.3) is 0 Å². The minimum atomic E-state index is 0.842. The Hall–Kier alpha value is -1.87. The Balaban J connectivity index is 2.35. The van der Waals surface area contributed by atoms with Crippen LogP contribution in [0.2, 0.25) is 0 Å². The summed E-state index contributed by atoms with van der Waals surface area (Å²) < 4.78 is 0. The van der Waals surface area contributed by atoms with Gasteiger partial charge >= 0.3 is 0 Å². The molecule has 0 bridgehead atoms. The van der Waals surface area contributed by atoms with Gasteiger partial charge in [-0.05, 0) is 38.1 Å². The van der Waals surface area contributed by atoms with E-state index in [0.29, 0.717) is 0 Å². The molecular weight excluding hydrogens is 246 g/mol. The number of aryl methyl sites for hydroxylation is 2. The van der Waals surface area contributed by atoms with E-state index in [4.69, 9.17) is 0 Å². The first-order chi connectivity index (χ1) is 9.63. The Bertz CT molecular complexity index is 578. The fourth-order valence-corrected chi connectivity index (χ4v) is 2.45. The molecule has 0 aliphatic rings. The molecule has 3 heteroatoms. The van der Waals surface area contributed by atoms with Crippen LogP contribution in [0.5, 0.6) is 0 Å². The van der Waals surface area contributed by atoms with E-state index >= 15 is 0 Å². The number of aromatic nitrogens is 1. The van der Waals surface area contributed by atoms with Crippen LogP contribution < -0.4 is 10.2 Å². The molecule has 2 aromatic rings. The zero-order valence-electron chi connectivity index (χ0n) is 12.8. The van der Waals surface area contributed by atoms with E-state index in [0.717, 1.165) is 13.1 Å². The van der Waals surface area contributed by atoms with Gasteiger partial charge in [0.25, 0.3) is 0 Å². The predicted molar refractivity (Wildman–Crippen MR) is 85.6 cm³/mol. The van der Waals surface area contributed by atoms with Crippen LogP contribution in [-0.4, -0.2) is 18.6 Å². The van der Waals surface area contributed by atoms with E-state index in [2.05, 4.69) is 67.3 Å². The molecule has 0 amide bonds. The molecule has 0 saturated heterocycles. The molecule has 1 heterocycles. The summed E-state index contributed by atoms with van der Waals surface area (Å²) in [7, 11) is 2.11. The van der Waals surface area contributed by atoms with Crippen molar-refractivity contribution in [2.24, 2.45) is 0 Å². The van der Waals surface area contributed by atoms with E-state index < -0.39 is 0 Å². The van der Waals surface area contributed by atoms with Gasteiger partial charge in [-0.3, -0.25) is 4.98 Å². The monoisotopic (exact) mass is 269 g/mol. The molecule has 0 unspecified atom stereocenters. The van der Waals surface area contributed by atoms with Gasteiger partial charge < -0.3 is 10.2 Å². The van der Waals surface area contributed by atoms with Crippen LogP contribution in [0.3, 0.4) is 0 Å². The summed E-state index contributed by atoms with van der Waals surface area (Å²) in [6.45, 7) is 8.20. The normalized spacial score (nSPS) is 10.6. The van der Waals surface area contributed by atoms with Crippen molar-refractivity contribution in [3.63, 3.8) is 0 Å². The fourth-order valence-electron chi connectivity index (χ4n) is 2.45. The minimum Gasteiger partial charge on any atom is -0.344 e. The van der Waals surface area contributed by atoms with Crippen molar-refractivity contribution >= 4 is 11.4 Å². The second-order valence-corrected chi connectivity index (χ2v) is 5.13. The maximum absolute atomic E-state index is 4.24. The molecule has 1 N–H and O–H groups in total. The highest BCUT2D eigenvalue weighted by Crippen LogP contribution is 2.29. The number of nitrogens with one attached hydrogen (secondary N) is 1. The Morgan fingerprint density at radius 1 is 1.15 bits per heavy atom. The third-order valence-corrected chi connectivity index (χ3v) is 3.52. The fraction of sp³-hybridized carbons (Fsp3) is 0.353. The molecule has 1 aromatic carbocycles. The van der Waals surface area contributed by atoms with E-state index in [1.807, 2.05) is 12.4 Å². The number of hydrogen-bond acceptors (Lipinski definition) is 3. The van der Waals surface area contributed by atoms with Crippen molar-refractivity contribution in [1.82, 2.24) is 10.3 Å². The van der Waals surface area contributed by atoms with Gasteiger partial charge in [0.05, 0.1) is 0 Å². The summed E-state index contributed by atoms with van der Waals surface area (Å²) in [5.74, 6) is 0. The van der Waals surface area contributed by atoms with E-state index in [-0.39, 0.29) is 0 Å². The number of rotatable bonds is 5. The molecule has 0 spiro atoms. The standard InChI is InChI=1S/C17H23N3/c1-5-18-11-15-12-19-9-8-17(15)20(4)16-7-6-13(2)10-14(16)3/h6-10,12,18H,5,11H2,1-4H3. The van der Waals surface area contributed by atoms with E-state index in [1.165, 1.54) is 28.1 Å². The van der Waals surface area contributed by atoms with Crippen molar-refractivity contribution in [3.8, 4) is 0 Å². The van der Waals surface area contributed by atoms with Crippen molar-refractivity contribution in [2.45, 2.75) is 27.3 Å². The highest BCUT2D eigenvalue weighted by Gasteiger charge is 2.11. The Kier molecular flexibility index (Phi) is 4.74. The Labute approximate surface area is 121 Å². The van der Waals surface area contributed by atoms with Crippen LogP contribution in [0.15, 0.2) is 36.7 Å². The molecule has 1 aromatic heterocycles. The molecule has 0 aliphatic carbocycles. The molecule has 0 fully saturated rings. The van der Waals surface area contributed by atoms with Crippen molar-refractivity contribution in [1.29, 1.82) is 0 Å². The summed E-state index contributed by atoms with van der Waals surface area (Å²) in [6, 6.07) is 8.63. The molecule has 0 atom stereocenters. The summed E-state index contributed by atoms with van der Waals surface area (Å²) in [6.07, 6.45) is 3.79. The van der Waals surface area contributed by atoms with Crippen LogP contribution in [0, 0.1) is 13.8 Å².